The lowest BCUT2D eigenvalue weighted by molar-refractivity contribution is -0.129. The maximum Gasteiger partial charge on any atom is 0.223 e. The largest absolute Gasteiger partial charge is 0.389 e. The first-order valence-electron chi connectivity index (χ1n) is 7.08. The van der Waals surface area contributed by atoms with Crippen molar-refractivity contribution in [3.63, 3.8) is 0 Å². The first-order chi connectivity index (χ1) is 9.56. The van der Waals surface area contributed by atoms with Gasteiger partial charge < -0.3 is 14.9 Å². The first kappa shape index (κ1) is 13.7. The monoisotopic (exact) mass is 294 g/mol. The number of nitrogens with zero attached hydrogens (tertiary/aromatic N) is 2. The van der Waals surface area contributed by atoms with Crippen LogP contribution in [0.4, 0.5) is 5.69 Å². The second kappa shape index (κ2) is 5.26. The summed E-state index contributed by atoms with van der Waals surface area (Å²) in [5, 5.41) is 10.3. The molecule has 20 heavy (non-hydrogen) atoms. The highest BCUT2D eigenvalue weighted by atomic mass is 35.5. The Hall–Kier alpha value is -1.26. The number of amides is 1. The number of carbonyl (C=O) groups excluding carboxylic acids is 1. The SMILES string of the molecule is C[C@@H](O)c1ccc(N2CCN3C(=O)CCC3C2)c(Cl)c1. The number of rotatable bonds is 2. The van der Waals surface area contributed by atoms with Gasteiger partial charge in [0.2, 0.25) is 5.91 Å². The smallest absolute Gasteiger partial charge is 0.223 e. The fourth-order valence-electron chi connectivity index (χ4n) is 3.12. The second-order valence-corrected chi connectivity index (χ2v) is 6.02. The molecule has 2 fully saturated rings. The van der Waals surface area contributed by atoms with E-state index in [0.29, 0.717) is 17.5 Å². The molecule has 4 nitrogen and oxygen atoms in total. The van der Waals surface area contributed by atoms with Crippen LogP contribution in [-0.4, -0.2) is 41.6 Å². The minimum Gasteiger partial charge on any atom is -0.389 e. The van der Waals surface area contributed by atoms with Crippen molar-refractivity contribution in [2.24, 2.45) is 0 Å². The van der Waals surface area contributed by atoms with E-state index in [4.69, 9.17) is 11.6 Å². The molecule has 2 atom stereocenters. The van der Waals surface area contributed by atoms with Gasteiger partial charge in [-0.3, -0.25) is 4.79 Å². The number of aliphatic hydroxyl groups is 1. The Morgan fingerprint density at radius 2 is 2.20 bits per heavy atom. The molecule has 0 aliphatic carbocycles. The zero-order valence-corrected chi connectivity index (χ0v) is 12.3. The minimum atomic E-state index is -0.508. The number of halogens is 1. The van der Waals surface area contributed by atoms with Crippen molar-refractivity contribution in [3.8, 4) is 0 Å². The Bertz CT molecular complexity index is 533. The zero-order chi connectivity index (χ0) is 14.3. The molecule has 1 unspecified atom stereocenters. The number of benzene rings is 1. The van der Waals surface area contributed by atoms with Gasteiger partial charge in [0.05, 0.1) is 16.8 Å². The number of carbonyl (C=O) groups is 1. The summed E-state index contributed by atoms with van der Waals surface area (Å²) in [4.78, 5) is 15.9. The van der Waals surface area contributed by atoms with Crippen molar-refractivity contribution in [1.82, 2.24) is 4.90 Å². The molecule has 1 amide bonds. The quantitative estimate of drug-likeness (QED) is 0.909. The van der Waals surface area contributed by atoms with E-state index in [1.54, 1.807) is 6.92 Å². The van der Waals surface area contributed by atoms with Crippen molar-refractivity contribution >= 4 is 23.2 Å². The van der Waals surface area contributed by atoms with Crippen molar-refractivity contribution in [2.75, 3.05) is 24.5 Å². The summed E-state index contributed by atoms with van der Waals surface area (Å²) in [6.07, 6.45) is 1.11. The standard InChI is InChI=1S/C15H19ClN2O2/c1-10(19)11-2-4-14(13(16)8-11)17-6-7-18-12(9-17)3-5-15(18)20/h2,4,8,10,12,19H,3,5-7,9H2,1H3/t10-,12?/m1/s1. The minimum absolute atomic E-state index is 0.283. The van der Waals surface area contributed by atoms with E-state index >= 15 is 0 Å². The van der Waals surface area contributed by atoms with E-state index < -0.39 is 6.10 Å². The molecular formula is C15H19ClN2O2. The van der Waals surface area contributed by atoms with Gasteiger partial charge in [0.25, 0.3) is 0 Å². The van der Waals surface area contributed by atoms with E-state index in [0.717, 1.165) is 37.3 Å². The average Bonchev–Trinajstić information content (AvgIpc) is 2.79. The van der Waals surface area contributed by atoms with Gasteiger partial charge >= 0.3 is 0 Å². The van der Waals surface area contributed by atoms with Crippen molar-refractivity contribution < 1.29 is 9.90 Å². The lowest BCUT2D eigenvalue weighted by Gasteiger charge is -2.39. The highest BCUT2D eigenvalue weighted by Crippen LogP contribution is 2.32. The molecule has 0 radical (unpaired) electrons. The number of fused-ring (bicyclic) bond motifs is 1. The third kappa shape index (κ3) is 2.38. The van der Waals surface area contributed by atoms with E-state index in [-0.39, 0.29) is 5.91 Å². The van der Waals surface area contributed by atoms with Crippen molar-refractivity contribution in [3.05, 3.63) is 28.8 Å². The second-order valence-electron chi connectivity index (χ2n) is 5.61. The lowest BCUT2D eigenvalue weighted by atomic mass is 10.1. The molecule has 2 heterocycles. The van der Waals surface area contributed by atoms with E-state index in [1.807, 2.05) is 23.1 Å². The summed E-state index contributed by atoms with van der Waals surface area (Å²) in [5.74, 6) is 0.283. The molecule has 2 aliphatic rings. The zero-order valence-electron chi connectivity index (χ0n) is 11.6. The van der Waals surface area contributed by atoms with Gasteiger partial charge in [0.1, 0.15) is 0 Å². The Labute approximate surface area is 123 Å². The van der Waals surface area contributed by atoms with Crippen LogP contribution in [0.15, 0.2) is 18.2 Å². The van der Waals surface area contributed by atoms with Crippen LogP contribution in [0.2, 0.25) is 5.02 Å². The van der Waals surface area contributed by atoms with Gasteiger partial charge in [0, 0.05) is 32.1 Å². The summed E-state index contributed by atoms with van der Waals surface area (Å²) in [6.45, 7) is 4.17. The van der Waals surface area contributed by atoms with E-state index in [9.17, 15) is 9.90 Å². The molecule has 1 aromatic carbocycles. The highest BCUT2D eigenvalue weighted by molar-refractivity contribution is 6.33. The summed E-state index contributed by atoms with van der Waals surface area (Å²) in [5.41, 5.74) is 1.82. The van der Waals surface area contributed by atoms with Crippen molar-refractivity contribution in [2.45, 2.75) is 31.9 Å². The van der Waals surface area contributed by atoms with Crippen LogP contribution < -0.4 is 4.90 Å². The third-order valence-electron chi connectivity index (χ3n) is 4.29. The topological polar surface area (TPSA) is 43.8 Å². The van der Waals surface area contributed by atoms with Gasteiger partial charge in [-0.2, -0.15) is 0 Å². The summed E-state index contributed by atoms with van der Waals surface area (Å²) in [6, 6.07) is 6.03. The van der Waals surface area contributed by atoms with Crippen LogP contribution in [0.3, 0.4) is 0 Å². The van der Waals surface area contributed by atoms with Crippen LogP contribution in [0.1, 0.15) is 31.4 Å². The van der Waals surface area contributed by atoms with Gasteiger partial charge in [-0.15, -0.1) is 0 Å². The van der Waals surface area contributed by atoms with E-state index in [2.05, 4.69) is 4.90 Å². The van der Waals surface area contributed by atoms with Gasteiger partial charge in [-0.1, -0.05) is 17.7 Å². The van der Waals surface area contributed by atoms with Crippen LogP contribution >= 0.6 is 11.6 Å². The molecule has 2 saturated heterocycles. The molecule has 1 N–H and O–H groups in total. The maximum atomic E-state index is 11.7. The average molecular weight is 295 g/mol. The van der Waals surface area contributed by atoms with Crippen molar-refractivity contribution in [1.29, 1.82) is 0 Å². The first-order valence-corrected chi connectivity index (χ1v) is 7.46. The van der Waals surface area contributed by atoms with Crippen LogP contribution in [0.5, 0.6) is 0 Å². The Morgan fingerprint density at radius 1 is 1.40 bits per heavy atom. The molecule has 0 saturated carbocycles. The molecule has 2 aliphatic heterocycles. The predicted octanol–water partition coefficient (Wildman–Crippen LogP) is 2.20. The normalized spacial score (nSPS) is 23.9. The number of piperazine rings is 1. The lowest BCUT2D eigenvalue weighted by Crippen LogP contribution is -2.51. The Kier molecular flexibility index (Phi) is 3.61. The number of aliphatic hydroxyl groups excluding tert-OH is 1. The molecule has 108 valence electrons. The maximum absolute atomic E-state index is 11.7. The van der Waals surface area contributed by atoms with Crippen LogP contribution in [-0.2, 0) is 4.79 Å². The predicted molar refractivity (Wildman–Crippen MR) is 79.0 cm³/mol. The molecule has 1 aromatic rings. The molecule has 0 bridgehead atoms. The molecule has 0 aromatic heterocycles. The number of anilines is 1. The molecule has 3 rings (SSSR count). The van der Waals surface area contributed by atoms with Gasteiger partial charge in [-0.25, -0.2) is 0 Å². The summed E-state index contributed by atoms with van der Waals surface area (Å²) >= 11 is 6.35. The van der Waals surface area contributed by atoms with E-state index in [1.165, 1.54) is 0 Å². The molecular weight excluding hydrogens is 276 g/mol. The Balaban J connectivity index is 1.79. The highest BCUT2D eigenvalue weighted by Gasteiger charge is 2.35. The fraction of sp³-hybridized carbons (Fsp3) is 0.533. The fourth-order valence-corrected chi connectivity index (χ4v) is 3.43. The summed E-state index contributed by atoms with van der Waals surface area (Å²) in [7, 11) is 0. The van der Waals surface area contributed by atoms with Gasteiger partial charge in [-0.05, 0) is 31.0 Å². The van der Waals surface area contributed by atoms with Crippen LogP contribution in [0, 0.1) is 0 Å². The number of hydrogen-bond donors (Lipinski definition) is 1. The summed E-state index contributed by atoms with van der Waals surface area (Å²) < 4.78 is 0. The molecule has 0 spiro atoms. The number of hydrogen-bond acceptors (Lipinski definition) is 3. The van der Waals surface area contributed by atoms with Crippen LogP contribution in [0.25, 0.3) is 0 Å². The Morgan fingerprint density at radius 3 is 2.90 bits per heavy atom. The molecule has 5 heteroatoms. The van der Waals surface area contributed by atoms with Gasteiger partial charge in [0.15, 0.2) is 0 Å². The third-order valence-corrected chi connectivity index (χ3v) is 4.59.